The molecule has 1 unspecified atom stereocenters. The summed E-state index contributed by atoms with van der Waals surface area (Å²) in [5, 5.41) is 13.1. The van der Waals surface area contributed by atoms with Gasteiger partial charge in [0.15, 0.2) is 0 Å². The smallest absolute Gasteiger partial charge is 0.0690 e. The van der Waals surface area contributed by atoms with Gasteiger partial charge in [0.2, 0.25) is 0 Å². The Kier molecular flexibility index (Phi) is 2.88. The number of rotatable bonds is 3. The second-order valence-electron chi connectivity index (χ2n) is 3.33. The van der Waals surface area contributed by atoms with Gasteiger partial charge in [-0.1, -0.05) is 6.92 Å². The number of nitrogens with zero attached hydrogens (tertiary/aromatic N) is 1. The van der Waals surface area contributed by atoms with E-state index in [0.717, 1.165) is 12.8 Å². The van der Waals surface area contributed by atoms with Crippen LogP contribution in [0, 0.1) is 16.7 Å². The van der Waals surface area contributed by atoms with E-state index in [1.165, 1.54) is 5.56 Å². The van der Waals surface area contributed by atoms with Gasteiger partial charge in [-0.15, -0.1) is 0 Å². The fourth-order valence-corrected chi connectivity index (χ4v) is 1.76. The van der Waals surface area contributed by atoms with Crippen molar-refractivity contribution < 1.29 is 0 Å². The molecule has 0 radical (unpaired) electrons. The predicted octanol–water partition coefficient (Wildman–Crippen LogP) is 3.23. The summed E-state index contributed by atoms with van der Waals surface area (Å²) in [6.45, 7) is 4.08. The summed E-state index contributed by atoms with van der Waals surface area (Å²) in [5.41, 5.74) is 1.10. The van der Waals surface area contributed by atoms with Crippen molar-refractivity contribution in [2.45, 2.75) is 26.7 Å². The van der Waals surface area contributed by atoms with Crippen molar-refractivity contribution in [3.05, 3.63) is 22.4 Å². The van der Waals surface area contributed by atoms with Crippen molar-refractivity contribution in [1.29, 1.82) is 5.26 Å². The minimum atomic E-state index is -0.179. The third kappa shape index (κ3) is 2.09. The molecule has 0 spiro atoms. The van der Waals surface area contributed by atoms with Gasteiger partial charge in [-0.3, -0.25) is 0 Å². The first-order valence-corrected chi connectivity index (χ1v) is 5.07. The summed E-state index contributed by atoms with van der Waals surface area (Å²) >= 11 is 1.69. The number of hydrogen-bond acceptors (Lipinski definition) is 2. The molecule has 0 saturated heterocycles. The Hall–Kier alpha value is -0.810. The average Bonchev–Trinajstić information content (AvgIpc) is 2.57. The molecule has 1 atom stereocenters. The molecular weight excluding hydrogens is 166 g/mol. The Labute approximate surface area is 77.7 Å². The maximum atomic E-state index is 8.94. The highest BCUT2D eigenvalue weighted by Crippen LogP contribution is 2.26. The molecule has 2 heteroatoms. The first-order valence-electron chi connectivity index (χ1n) is 4.12. The molecule has 0 aliphatic rings. The topological polar surface area (TPSA) is 23.8 Å². The van der Waals surface area contributed by atoms with Crippen molar-refractivity contribution in [1.82, 2.24) is 0 Å². The van der Waals surface area contributed by atoms with Crippen LogP contribution in [0.3, 0.4) is 0 Å². The van der Waals surface area contributed by atoms with Crippen molar-refractivity contribution in [3.8, 4) is 6.07 Å². The summed E-state index contributed by atoms with van der Waals surface area (Å²) in [6, 6.07) is 4.46. The van der Waals surface area contributed by atoms with Gasteiger partial charge in [0, 0.05) is 0 Å². The molecule has 1 aromatic rings. The van der Waals surface area contributed by atoms with E-state index in [1.807, 2.05) is 6.92 Å². The molecule has 0 aromatic carbocycles. The molecule has 0 fully saturated rings. The predicted molar refractivity (Wildman–Crippen MR) is 52.0 cm³/mol. The maximum Gasteiger partial charge on any atom is 0.0690 e. The van der Waals surface area contributed by atoms with E-state index in [9.17, 15) is 0 Å². The summed E-state index contributed by atoms with van der Waals surface area (Å²) < 4.78 is 0. The highest BCUT2D eigenvalue weighted by Gasteiger charge is 2.21. The van der Waals surface area contributed by atoms with E-state index in [-0.39, 0.29) is 5.41 Å². The summed E-state index contributed by atoms with van der Waals surface area (Å²) in [5.74, 6) is 0. The highest BCUT2D eigenvalue weighted by molar-refractivity contribution is 7.07. The zero-order valence-electron chi connectivity index (χ0n) is 7.50. The van der Waals surface area contributed by atoms with Crippen molar-refractivity contribution >= 4 is 11.3 Å². The Bertz CT molecular complexity index is 271. The third-order valence-corrected chi connectivity index (χ3v) is 2.96. The number of hydrogen-bond donors (Lipinski definition) is 0. The second-order valence-corrected chi connectivity index (χ2v) is 4.11. The van der Waals surface area contributed by atoms with Crippen molar-refractivity contribution in [3.63, 3.8) is 0 Å². The van der Waals surface area contributed by atoms with Gasteiger partial charge in [0.05, 0.1) is 11.5 Å². The van der Waals surface area contributed by atoms with Crippen molar-refractivity contribution in [2.75, 3.05) is 0 Å². The van der Waals surface area contributed by atoms with Crippen LogP contribution in [0.25, 0.3) is 0 Å². The lowest BCUT2D eigenvalue weighted by atomic mass is 9.84. The minimum absolute atomic E-state index is 0.179. The van der Waals surface area contributed by atoms with Gasteiger partial charge in [-0.25, -0.2) is 0 Å². The van der Waals surface area contributed by atoms with Crippen LogP contribution in [0.4, 0.5) is 0 Å². The highest BCUT2D eigenvalue weighted by atomic mass is 32.1. The molecule has 0 saturated carbocycles. The van der Waals surface area contributed by atoms with E-state index in [0.29, 0.717) is 0 Å². The van der Waals surface area contributed by atoms with Gasteiger partial charge >= 0.3 is 0 Å². The maximum absolute atomic E-state index is 8.94. The molecule has 1 nitrogen and oxygen atoms in total. The van der Waals surface area contributed by atoms with Crippen LogP contribution in [0.5, 0.6) is 0 Å². The third-order valence-electron chi connectivity index (χ3n) is 2.22. The van der Waals surface area contributed by atoms with Crippen LogP contribution in [0.1, 0.15) is 25.8 Å². The van der Waals surface area contributed by atoms with Crippen LogP contribution < -0.4 is 0 Å². The SMILES string of the molecule is CCC(C)(C#N)Cc1ccsc1. The second kappa shape index (κ2) is 3.73. The average molecular weight is 179 g/mol. The van der Waals surface area contributed by atoms with Gasteiger partial charge in [-0.2, -0.15) is 16.6 Å². The molecule has 64 valence electrons. The minimum Gasteiger partial charge on any atom is -0.198 e. The molecular formula is C10H13NS. The number of nitriles is 1. The Morgan fingerprint density at radius 3 is 2.83 bits per heavy atom. The Morgan fingerprint density at radius 1 is 1.67 bits per heavy atom. The van der Waals surface area contributed by atoms with Crippen molar-refractivity contribution in [2.24, 2.45) is 5.41 Å². The Morgan fingerprint density at radius 2 is 2.42 bits per heavy atom. The molecule has 12 heavy (non-hydrogen) atoms. The van der Waals surface area contributed by atoms with E-state index >= 15 is 0 Å². The monoisotopic (exact) mass is 179 g/mol. The van der Waals surface area contributed by atoms with E-state index in [4.69, 9.17) is 5.26 Å². The van der Waals surface area contributed by atoms with Gasteiger partial charge in [-0.05, 0) is 42.2 Å². The standard InChI is InChI=1S/C10H13NS/c1-3-10(2,8-11)6-9-4-5-12-7-9/h4-5,7H,3,6H2,1-2H3. The van der Waals surface area contributed by atoms with E-state index in [1.54, 1.807) is 11.3 Å². The largest absolute Gasteiger partial charge is 0.198 e. The molecule has 0 N–H and O–H groups in total. The first kappa shape index (κ1) is 9.28. The normalized spacial score (nSPS) is 15.1. The fraction of sp³-hybridized carbons (Fsp3) is 0.500. The lowest BCUT2D eigenvalue weighted by Gasteiger charge is -2.17. The molecule has 1 aromatic heterocycles. The molecule has 1 heterocycles. The Balaban J connectivity index is 2.68. The lowest BCUT2D eigenvalue weighted by molar-refractivity contribution is 0.423. The van der Waals surface area contributed by atoms with Crippen LogP contribution in [0.15, 0.2) is 16.8 Å². The van der Waals surface area contributed by atoms with Crippen LogP contribution in [-0.2, 0) is 6.42 Å². The van der Waals surface area contributed by atoms with Crippen LogP contribution >= 0.6 is 11.3 Å². The number of thiophene rings is 1. The van der Waals surface area contributed by atoms with Crippen LogP contribution in [0.2, 0.25) is 0 Å². The van der Waals surface area contributed by atoms with Gasteiger partial charge in [0.1, 0.15) is 0 Å². The van der Waals surface area contributed by atoms with Gasteiger partial charge < -0.3 is 0 Å². The fourth-order valence-electron chi connectivity index (χ4n) is 1.09. The zero-order chi connectivity index (χ0) is 9.03. The van der Waals surface area contributed by atoms with E-state index in [2.05, 4.69) is 29.8 Å². The molecule has 0 bridgehead atoms. The summed E-state index contributed by atoms with van der Waals surface area (Å²) in [4.78, 5) is 0. The summed E-state index contributed by atoms with van der Waals surface area (Å²) in [7, 11) is 0. The first-order chi connectivity index (χ1) is 5.70. The molecule has 0 aliphatic heterocycles. The van der Waals surface area contributed by atoms with E-state index < -0.39 is 0 Å². The molecule has 1 rings (SSSR count). The molecule has 0 amide bonds. The summed E-state index contributed by atoms with van der Waals surface area (Å²) in [6.07, 6.45) is 1.79. The van der Waals surface area contributed by atoms with Gasteiger partial charge in [0.25, 0.3) is 0 Å². The molecule has 0 aliphatic carbocycles. The van der Waals surface area contributed by atoms with Crippen LogP contribution in [-0.4, -0.2) is 0 Å². The lowest BCUT2D eigenvalue weighted by Crippen LogP contribution is -2.15. The zero-order valence-corrected chi connectivity index (χ0v) is 8.32. The quantitative estimate of drug-likeness (QED) is 0.698.